The minimum atomic E-state index is 0.427. The second-order valence-corrected chi connectivity index (χ2v) is 5.77. The number of likely N-dealkylation sites (tertiary alicyclic amines) is 1. The highest BCUT2D eigenvalue weighted by molar-refractivity contribution is 7.80. The average Bonchev–Trinajstić information content (AvgIpc) is 2.48. The van der Waals surface area contributed by atoms with Gasteiger partial charge in [-0.3, -0.25) is 4.90 Å². The van der Waals surface area contributed by atoms with E-state index in [-0.39, 0.29) is 0 Å². The lowest BCUT2D eigenvalue weighted by Gasteiger charge is -2.34. The first-order valence-electron chi connectivity index (χ1n) is 7.47. The molecule has 4 heteroatoms. The van der Waals surface area contributed by atoms with Gasteiger partial charge >= 0.3 is 0 Å². The molecular weight excluding hydrogens is 268 g/mol. The number of nitrogens with two attached hydrogens (primary N) is 1. The van der Waals surface area contributed by atoms with Gasteiger partial charge in [0, 0.05) is 18.2 Å². The molecule has 1 unspecified atom stereocenters. The number of rotatable bonds is 6. The van der Waals surface area contributed by atoms with Gasteiger partial charge < -0.3 is 10.5 Å². The van der Waals surface area contributed by atoms with Crippen LogP contribution in [-0.4, -0.2) is 35.6 Å². The summed E-state index contributed by atoms with van der Waals surface area (Å²) in [6, 6.07) is 8.43. The van der Waals surface area contributed by atoms with E-state index in [2.05, 4.69) is 11.8 Å². The highest BCUT2D eigenvalue weighted by Crippen LogP contribution is 2.19. The standard InChI is InChI=1S/C16H24N2OS/c1-2-14-5-3-4-10-18(14)11-12-19-15-8-6-13(7-9-15)16(17)20/h6-9,14H,2-5,10-12H2,1H3,(H2,17,20). The Hall–Kier alpha value is -1.13. The quantitative estimate of drug-likeness (QED) is 0.818. The van der Waals surface area contributed by atoms with Crippen LogP contribution in [0.15, 0.2) is 24.3 Å². The molecule has 0 amide bonds. The SMILES string of the molecule is CCC1CCCCN1CCOc1ccc(C(N)=S)cc1. The Morgan fingerprint density at radius 2 is 2.10 bits per heavy atom. The molecular formula is C16H24N2OS. The molecule has 0 radical (unpaired) electrons. The fourth-order valence-electron chi connectivity index (χ4n) is 2.81. The Morgan fingerprint density at radius 1 is 1.35 bits per heavy atom. The first-order valence-corrected chi connectivity index (χ1v) is 7.88. The van der Waals surface area contributed by atoms with Gasteiger partial charge in [-0.05, 0) is 50.1 Å². The van der Waals surface area contributed by atoms with E-state index in [4.69, 9.17) is 22.7 Å². The Morgan fingerprint density at radius 3 is 2.75 bits per heavy atom. The van der Waals surface area contributed by atoms with Crippen molar-refractivity contribution in [2.45, 2.75) is 38.6 Å². The first-order chi connectivity index (χ1) is 9.70. The van der Waals surface area contributed by atoms with E-state index in [0.29, 0.717) is 4.99 Å². The number of nitrogens with zero attached hydrogens (tertiary/aromatic N) is 1. The van der Waals surface area contributed by atoms with Gasteiger partial charge in [-0.2, -0.15) is 0 Å². The maximum absolute atomic E-state index is 5.81. The van der Waals surface area contributed by atoms with Gasteiger partial charge in [0.25, 0.3) is 0 Å². The molecule has 0 aliphatic carbocycles. The zero-order valence-corrected chi connectivity index (χ0v) is 13.0. The van der Waals surface area contributed by atoms with E-state index < -0.39 is 0 Å². The Labute approximate surface area is 127 Å². The maximum atomic E-state index is 5.81. The molecule has 0 saturated carbocycles. The summed E-state index contributed by atoms with van der Waals surface area (Å²) in [5, 5.41) is 0. The number of hydrogen-bond acceptors (Lipinski definition) is 3. The van der Waals surface area contributed by atoms with E-state index in [1.807, 2.05) is 24.3 Å². The molecule has 1 aliphatic rings. The second-order valence-electron chi connectivity index (χ2n) is 5.33. The molecule has 1 aromatic carbocycles. The molecule has 110 valence electrons. The molecule has 1 saturated heterocycles. The van der Waals surface area contributed by atoms with Crippen molar-refractivity contribution in [3.63, 3.8) is 0 Å². The van der Waals surface area contributed by atoms with E-state index >= 15 is 0 Å². The van der Waals surface area contributed by atoms with Crippen molar-refractivity contribution in [3.05, 3.63) is 29.8 Å². The van der Waals surface area contributed by atoms with E-state index in [1.54, 1.807) is 0 Å². The molecule has 1 heterocycles. The average molecular weight is 292 g/mol. The van der Waals surface area contributed by atoms with Gasteiger partial charge in [0.2, 0.25) is 0 Å². The minimum Gasteiger partial charge on any atom is -0.492 e. The van der Waals surface area contributed by atoms with Crippen molar-refractivity contribution in [2.75, 3.05) is 19.7 Å². The normalized spacial score (nSPS) is 19.8. The lowest BCUT2D eigenvalue weighted by Crippen LogP contribution is -2.41. The smallest absolute Gasteiger partial charge is 0.119 e. The van der Waals surface area contributed by atoms with Crippen molar-refractivity contribution in [2.24, 2.45) is 5.73 Å². The van der Waals surface area contributed by atoms with Crippen molar-refractivity contribution in [1.82, 2.24) is 4.90 Å². The van der Waals surface area contributed by atoms with Gasteiger partial charge in [-0.25, -0.2) is 0 Å². The molecule has 0 aromatic heterocycles. The number of piperidine rings is 1. The molecule has 0 bridgehead atoms. The zero-order valence-electron chi connectivity index (χ0n) is 12.2. The van der Waals surface area contributed by atoms with Crippen molar-refractivity contribution >= 4 is 17.2 Å². The summed E-state index contributed by atoms with van der Waals surface area (Å²) in [5.41, 5.74) is 6.46. The third kappa shape index (κ3) is 4.18. The van der Waals surface area contributed by atoms with Crippen molar-refractivity contribution in [1.29, 1.82) is 0 Å². The fraction of sp³-hybridized carbons (Fsp3) is 0.562. The molecule has 1 aromatic rings. The molecule has 20 heavy (non-hydrogen) atoms. The lowest BCUT2D eigenvalue weighted by atomic mass is 10.0. The molecule has 1 fully saturated rings. The summed E-state index contributed by atoms with van der Waals surface area (Å²) in [5.74, 6) is 0.884. The number of benzene rings is 1. The largest absolute Gasteiger partial charge is 0.492 e. The Balaban J connectivity index is 1.78. The van der Waals surface area contributed by atoms with Crippen LogP contribution in [0.3, 0.4) is 0 Å². The summed E-state index contributed by atoms with van der Waals surface area (Å²) in [6.07, 6.45) is 5.26. The summed E-state index contributed by atoms with van der Waals surface area (Å²) in [6.45, 7) is 5.24. The number of hydrogen-bond donors (Lipinski definition) is 1. The fourth-order valence-corrected chi connectivity index (χ4v) is 2.95. The van der Waals surface area contributed by atoms with E-state index in [1.165, 1.54) is 32.2 Å². The van der Waals surface area contributed by atoms with Gasteiger partial charge in [-0.1, -0.05) is 25.6 Å². The molecule has 2 rings (SSSR count). The van der Waals surface area contributed by atoms with Crippen molar-refractivity contribution in [3.8, 4) is 5.75 Å². The monoisotopic (exact) mass is 292 g/mol. The van der Waals surface area contributed by atoms with Crippen LogP contribution in [0.5, 0.6) is 5.75 Å². The van der Waals surface area contributed by atoms with Crippen LogP contribution in [0.25, 0.3) is 0 Å². The van der Waals surface area contributed by atoms with Gasteiger partial charge in [-0.15, -0.1) is 0 Å². The second kappa shape index (κ2) is 7.60. The van der Waals surface area contributed by atoms with Crippen LogP contribution in [0.1, 0.15) is 38.2 Å². The third-order valence-electron chi connectivity index (χ3n) is 4.01. The zero-order chi connectivity index (χ0) is 14.4. The van der Waals surface area contributed by atoms with Crippen molar-refractivity contribution < 1.29 is 4.74 Å². The van der Waals surface area contributed by atoms with Crippen LogP contribution in [0, 0.1) is 0 Å². The summed E-state index contributed by atoms with van der Waals surface area (Å²) >= 11 is 4.93. The van der Waals surface area contributed by atoms with Crippen LogP contribution in [0.4, 0.5) is 0 Å². The Kier molecular flexibility index (Phi) is 5.80. The summed E-state index contributed by atoms with van der Waals surface area (Å²) < 4.78 is 5.81. The predicted molar refractivity (Wildman–Crippen MR) is 87.3 cm³/mol. The first kappa shape index (κ1) is 15.3. The van der Waals surface area contributed by atoms with Gasteiger partial charge in [0.05, 0.1) is 0 Å². The number of thiocarbonyl (C=S) groups is 1. The van der Waals surface area contributed by atoms with Crippen LogP contribution in [0.2, 0.25) is 0 Å². The lowest BCUT2D eigenvalue weighted by molar-refractivity contribution is 0.120. The predicted octanol–water partition coefficient (Wildman–Crippen LogP) is 2.96. The van der Waals surface area contributed by atoms with Gasteiger partial charge in [0.1, 0.15) is 17.3 Å². The molecule has 1 atom stereocenters. The third-order valence-corrected chi connectivity index (χ3v) is 4.24. The molecule has 0 spiro atoms. The van der Waals surface area contributed by atoms with Crippen LogP contribution in [-0.2, 0) is 0 Å². The Bertz CT molecular complexity index is 433. The minimum absolute atomic E-state index is 0.427. The van der Waals surface area contributed by atoms with Gasteiger partial charge in [0.15, 0.2) is 0 Å². The van der Waals surface area contributed by atoms with E-state index in [9.17, 15) is 0 Å². The summed E-state index contributed by atoms with van der Waals surface area (Å²) in [7, 11) is 0. The highest BCUT2D eigenvalue weighted by Gasteiger charge is 2.20. The topological polar surface area (TPSA) is 38.5 Å². The highest BCUT2D eigenvalue weighted by atomic mass is 32.1. The molecule has 2 N–H and O–H groups in total. The number of ether oxygens (including phenoxy) is 1. The van der Waals surface area contributed by atoms with E-state index in [0.717, 1.165) is 30.5 Å². The molecule has 1 aliphatic heterocycles. The van der Waals surface area contributed by atoms with Crippen LogP contribution >= 0.6 is 12.2 Å². The molecule has 3 nitrogen and oxygen atoms in total. The van der Waals surface area contributed by atoms with Crippen LogP contribution < -0.4 is 10.5 Å². The summed E-state index contributed by atoms with van der Waals surface area (Å²) in [4.78, 5) is 2.99. The maximum Gasteiger partial charge on any atom is 0.119 e.